The lowest BCUT2D eigenvalue weighted by Gasteiger charge is -2.15. The minimum Gasteiger partial charge on any atom is -0.481 e. The lowest BCUT2D eigenvalue weighted by Crippen LogP contribution is -2.33. The molecule has 2 N–H and O–H groups in total. The number of amides is 1. The first-order chi connectivity index (χ1) is 15.7. The summed E-state index contributed by atoms with van der Waals surface area (Å²) < 4.78 is 11.5. The van der Waals surface area contributed by atoms with E-state index in [1.165, 1.54) is 0 Å². The SMILES string of the molecule is NC(=O)C(CCCc1cc(C(c2ccccc2)c2ccccc2)on1)Oc1ccccc1. The van der Waals surface area contributed by atoms with Crippen molar-refractivity contribution in [1.29, 1.82) is 0 Å². The highest BCUT2D eigenvalue weighted by Gasteiger charge is 2.22. The maximum absolute atomic E-state index is 11.8. The number of ether oxygens (including phenoxy) is 1. The Balaban J connectivity index is 1.43. The molecule has 1 aromatic heterocycles. The van der Waals surface area contributed by atoms with Crippen LogP contribution in [0.4, 0.5) is 0 Å². The van der Waals surface area contributed by atoms with E-state index in [1.807, 2.05) is 72.8 Å². The summed E-state index contributed by atoms with van der Waals surface area (Å²) in [5, 5.41) is 4.28. The van der Waals surface area contributed by atoms with Crippen LogP contribution in [-0.2, 0) is 11.2 Å². The summed E-state index contributed by atoms with van der Waals surface area (Å²) in [7, 11) is 0. The summed E-state index contributed by atoms with van der Waals surface area (Å²) >= 11 is 0. The first-order valence-electron chi connectivity index (χ1n) is 10.8. The molecule has 0 spiro atoms. The first-order valence-corrected chi connectivity index (χ1v) is 10.8. The number of primary amides is 1. The van der Waals surface area contributed by atoms with Gasteiger partial charge in [0.2, 0.25) is 0 Å². The van der Waals surface area contributed by atoms with Gasteiger partial charge >= 0.3 is 0 Å². The van der Waals surface area contributed by atoms with E-state index in [4.69, 9.17) is 15.0 Å². The highest BCUT2D eigenvalue weighted by molar-refractivity contribution is 5.79. The quantitative estimate of drug-likeness (QED) is 0.382. The molecule has 0 fully saturated rings. The molecule has 1 unspecified atom stereocenters. The van der Waals surface area contributed by atoms with Gasteiger partial charge in [-0.15, -0.1) is 0 Å². The number of rotatable bonds is 10. The number of hydrogen-bond donors (Lipinski definition) is 1. The number of nitrogens with zero attached hydrogens (tertiary/aromatic N) is 1. The molecule has 0 bridgehead atoms. The number of carbonyl (C=O) groups excluding carboxylic acids is 1. The van der Waals surface area contributed by atoms with E-state index >= 15 is 0 Å². The van der Waals surface area contributed by atoms with Crippen LogP contribution in [0, 0.1) is 0 Å². The van der Waals surface area contributed by atoms with E-state index in [-0.39, 0.29) is 5.92 Å². The molecule has 3 aromatic carbocycles. The van der Waals surface area contributed by atoms with Crippen LogP contribution in [0.2, 0.25) is 0 Å². The second-order valence-corrected chi connectivity index (χ2v) is 7.69. The molecule has 4 aromatic rings. The number of para-hydroxylation sites is 1. The summed E-state index contributed by atoms with van der Waals surface area (Å²) in [6.07, 6.45) is 1.20. The third kappa shape index (κ3) is 5.43. The maximum Gasteiger partial charge on any atom is 0.258 e. The molecule has 4 rings (SSSR count). The number of nitrogens with two attached hydrogens (primary N) is 1. The van der Waals surface area contributed by atoms with E-state index in [2.05, 4.69) is 29.4 Å². The number of benzene rings is 3. The van der Waals surface area contributed by atoms with Crippen LogP contribution in [0.15, 0.2) is 102 Å². The van der Waals surface area contributed by atoms with Gasteiger partial charge in [0.15, 0.2) is 6.10 Å². The summed E-state index contributed by atoms with van der Waals surface area (Å²) in [5.74, 6) is 0.930. The minimum absolute atomic E-state index is 0.0292. The van der Waals surface area contributed by atoms with Gasteiger partial charge in [-0.3, -0.25) is 4.79 Å². The van der Waals surface area contributed by atoms with Gasteiger partial charge in [-0.1, -0.05) is 84.0 Å². The van der Waals surface area contributed by atoms with Gasteiger partial charge in [0.1, 0.15) is 11.5 Å². The van der Waals surface area contributed by atoms with Crippen molar-refractivity contribution < 1.29 is 14.1 Å². The van der Waals surface area contributed by atoms with E-state index < -0.39 is 12.0 Å². The number of aromatic nitrogens is 1. The molecule has 1 heterocycles. The van der Waals surface area contributed by atoms with Gasteiger partial charge in [-0.2, -0.15) is 0 Å². The lowest BCUT2D eigenvalue weighted by atomic mass is 9.89. The van der Waals surface area contributed by atoms with E-state index in [0.717, 1.165) is 22.6 Å². The van der Waals surface area contributed by atoms with Crippen LogP contribution in [0.25, 0.3) is 0 Å². The highest BCUT2D eigenvalue weighted by atomic mass is 16.5. The van der Waals surface area contributed by atoms with Gasteiger partial charge in [0, 0.05) is 6.07 Å². The van der Waals surface area contributed by atoms with E-state index in [1.54, 1.807) is 0 Å². The molecule has 1 amide bonds. The molecule has 0 radical (unpaired) electrons. The molecule has 0 aliphatic heterocycles. The second-order valence-electron chi connectivity index (χ2n) is 7.69. The fraction of sp³-hybridized carbons (Fsp3) is 0.185. The van der Waals surface area contributed by atoms with Crippen molar-refractivity contribution in [3.05, 3.63) is 120 Å². The highest BCUT2D eigenvalue weighted by Crippen LogP contribution is 2.32. The first kappa shape index (κ1) is 21.4. The Kier molecular flexibility index (Phi) is 6.98. The summed E-state index contributed by atoms with van der Waals surface area (Å²) in [4.78, 5) is 11.8. The van der Waals surface area contributed by atoms with Crippen LogP contribution >= 0.6 is 0 Å². The Hall–Kier alpha value is -3.86. The summed E-state index contributed by atoms with van der Waals surface area (Å²) in [6.45, 7) is 0. The van der Waals surface area contributed by atoms with Crippen molar-refractivity contribution in [3.63, 3.8) is 0 Å². The molecule has 0 saturated heterocycles. The molecule has 5 nitrogen and oxygen atoms in total. The third-order valence-electron chi connectivity index (χ3n) is 5.37. The smallest absolute Gasteiger partial charge is 0.258 e. The molecular formula is C27H26N2O3. The van der Waals surface area contributed by atoms with Crippen molar-refractivity contribution >= 4 is 5.91 Å². The largest absolute Gasteiger partial charge is 0.481 e. The molecule has 5 heteroatoms. The normalized spacial score (nSPS) is 11.9. The van der Waals surface area contributed by atoms with Crippen molar-refractivity contribution in [1.82, 2.24) is 5.16 Å². The number of aryl methyl sites for hydroxylation is 1. The summed E-state index contributed by atoms with van der Waals surface area (Å²) in [5.41, 5.74) is 8.68. The van der Waals surface area contributed by atoms with E-state index in [9.17, 15) is 4.79 Å². The monoisotopic (exact) mass is 426 g/mol. The van der Waals surface area contributed by atoms with Crippen LogP contribution in [0.5, 0.6) is 5.75 Å². The number of carbonyl (C=O) groups is 1. The van der Waals surface area contributed by atoms with Gasteiger partial charge in [0.25, 0.3) is 5.91 Å². The Morgan fingerprint density at radius 1 is 0.875 bits per heavy atom. The standard InChI is InChI=1S/C27H26N2O3/c28-27(30)24(31-23-16-8-3-9-17-23)18-10-15-22-19-25(32-29-22)26(20-11-4-1-5-12-20)21-13-6-2-7-14-21/h1-9,11-14,16-17,19,24,26H,10,15,18H2,(H2,28,30). The van der Waals surface area contributed by atoms with Crippen LogP contribution < -0.4 is 10.5 Å². The maximum atomic E-state index is 11.8. The average molecular weight is 427 g/mol. The Morgan fingerprint density at radius 3 is 2.00 bits per heavy atom. The Bertz CT molecular complexity index is 1070. The van der Waals surface area contributed by atoms with Crippen LogP contribution in [-0.4, -0.2) is 17.2 Å². The zero-order valence-corrected chi connectivity index (χ0v) is 17.8. The fourth-order valence-electron chi connectivity index (χ4n) is 3.79. The van der Waals surface area contributed by atoms with Crippen molar-refractivity contribution in [3.8, 4) is 5.75 Å². The summed E-state index contributed by atoms with van der Waals surface area (Å²) in [6, 6.07) is 31.7. The Labute approximate surface area is 187 Å². The predicted octanol–water partition coefficient (Wildman–Crippen LogP) is 5.11. The minimum atomic E-state index is -0.676. The zero-order valence-electron chi connectivity index (χ0n) is 17.8. The van der Waals surface area contributed by atoms with Gasteiger partial charge in [-0.05, 0) is 42.5 Å². The van der Waals surface area contributed by atoms with Gasteiger partial charge < -0.3 is 15.0 Å². The van der Waals surface area contributed by atoms with Crippen molar-refractivity contribution in [2.45, 2.75) is 31.3 Å². The lowest BCUT2D eigenvalue weighted by molar-refractivity contribution is -0.125. The molecular weight excluding hydrogens is 400 g/mol. The van der Waals surface area contributed by atoms with Crippen LogP contribution in [0.3, 0.4) is 0 Å². The molecule has 0 aliphatic rings. The average Bonchev–Trinajstić information content (AvgIpc) is 3.29. The van der Waals surface area contributed by atoms with E-state index in [0.29, 0.717) is 25.0 Å². The van der Waals surface area contributed by atoms with Crippen molar-refractivity contribution in [2.24, 2.45) is 5.73 Å². The molecule has 162 valence electrons. The molecule has 0 saturated carbocycles. The Morgan fingerprint density at radius 2 is 1.44 bits per heavy atom. The molecule has 0 aliphatic carbocycles. The van der Waals surface area contributed by atoms with Crippen molar-refractivity contribution in [2.75, 3.05) is 0 Å². The van der Waals surface area contributed by atoms with Gasteiger partial charge in [-0.25, -0.2) is 0 Å². The second kappa shape index (κ2) is 10.4. The molecule has 1 atom stereocenters. The fourth-order valence-corrected chi connectivity index (χ4v) is 3.79. The van der Waals surface area contributed by atoms with Gasteiger partial charge in [0.05, 0.1) is 11.6 Å². The number of hydrogen-bond acceptors (Lipinski definition) is 4. The topological polar surface area (TPSA) is 78.4 Å². The predicted molar refractivity (Wildman–Crippen MR) is 123 cm³/mol. The molecule has 32 heavy (non-hydrogen) atoms. The zero-order chi connectivity index (χ0) is 22.2. The third-order valence-corrected chi connectivity index (χ3v) is 5.37. The van der Waals surface area contributed by atoms with Crippen LogP contribution in [0.1, 0.15) is 41.3 Å².